The molecule has 2 aliphatic carbocycles. The Labute approximate surface area is 124 Å². The van der Waals surface area contributed by atoms with Gasteiger partial charge in [-0.1, -0.05) is 12.2 Å². The molecule has 0 aromatic carbocycles. The van der Waals surface area contributed by atoms with Gasteiger partial charge in [0.1, 0.15) is 0 Å². The van der Waals surface area contributed by atoms with Crippen molar-refractivity contribution in [2.24, 2.45) is 29.6 Å². The topological polar surface area (TPSA) is 69.6 Å². The molecule has 2 N–H and O–H groups in total. The van der Waals surface area contributed by atoms with E-state index in [1.54, 1.807) is 0 Å². The van der Waals surface area contributed by atoms with Crippen LogP contribution in [-0.4, -0.2) is 47.6 Å². The molecule has 3 heterocycles. The molecule has 3 saturated heterocycles. The fourth-order valence-corrected chi connectivity index (χ4v) is 4.92. The molecule has 114 valence electrons. The molecule has 5 atom stereocenters. The summed E-state index contributed by atoms with van der Waals surface area (Å²) in [4.78, 5) is 26.6. The minimum atomic E-state index is -0.819. The van der Waals surface area contributed by atoms with Crippen LogP contribution in [0.25, 0.3) is 0 Å². The molecule has 0 spiro atoms. The summed E-state index contributed by atoms with van der Waals surface area (Å²) in [5.74, 6) is -0.990. The van der Waals surface area contributed by atoms with E-state index in [4.69, 9.17) is 0 Å². The van der Waals surface area contributed by atoms with E-state index in [1.807, 2.05) is 12.2 Å². The van der Waals surface area contributed by atoms with Crippen LogP contribution in [0.5, 0.6) is 0 Å². The Bertz CT molecular complexity index is 496. The molecule has 0 aromatic rings. The lowest BCUT2D eigenvalue weighted by molar-refractivity contribution is -0.148. The lowest BCUT2D eigenvalue weighted by atomic mass is 9.80. The van der Waals surface area contributed by atoms with Crippen molar-refractivity contribution in [3.05, 3.63) is 12.2 Å². The molecule has 21 heavy (non-hydrogen) atoms. The molecule has 3 aliphatic heterocycles. The number of piperidine rings is 3. The van der Waals surface area contributed by atoms with Gasteiger partial charge in [-0.15, -0.1) is 0 Å². The van der Waals surface area contributed by atoms with E-state index in [1.165, 1.54) is 0 Å². The molecule has 4 bridgehead atoms. The summed E-state index contributed by atoms with van der Waals surface area (Å²) in [5.41, 5.74) is 0. The molecule has 0 aromatic heterocycles. The molecule has 5 heteroatoms. The Morgan fingerprint density at radius 3 is 2.33 bits per heavy atom. The highest BCUT2D eigenvalue weighted by molar-refractivity contribution is 5.87. The van der Waals surface area contributed by atoms with Crippen LogP contribution >= 0.6 is 0 Å². The zero-order valence-electron chi connectivity index (χ0n) is 12.1. The quantitative estimate of drug-likeness (QED) is 0.752. The summed E-state index contributed by atoms with van der Waals surface area (Å²) in [7, 11) is 0. The van der Waals surface area contributed by atoms with Crippen LogP contribution < -0.4 is 5.32 Å². The van der Waals surface area contributed by atoms with E-state index in [0.717, 1.165) is 38.9 Å². The predicted octanol–water partition coefficient (Wildman–Crippen LogP) is 0.720. The standard InChI is InChI=1S/C16H22N2O3/c19-15(17-12-8-18-5-3-9(12)4-6-18)13-10-1-2-11(7-10)14(13)16(20)21/h1-2,9-14H,3-8H2,(H,17,19)(H,20,21)/t10?,11?,12?,13-,14+/m0/s1. The number of hydrogen-bond donors (Lipinski definition) is 2. The summed E-state index contributed by atoms with van der Waals surface area (Å²) >= 11 is 0. The third-order valence-electron chi connectivity index (χ3n) is 6.03. The van der Waals surface area contributed by atoms with Crippen LogP contribution in [0.2, 0.25) is 0 Å². The molecule has 0 radical (unpaired) electrons. The zero-order chi connectivity index (χ0) is 14.6. The molecule has 1 saturated carbocycles. The summed E-state index contributed by atoms with van der Waals surface area (Å²) in [6, 6.07) is 0.220. The second-order valence-corrected chi connectivity index (χ2v) is 7.09. The van der Waals surface area contributed by atoms with Gasteiger partial charge in [0.05, 0.1) is 11.8 Å². The monoisotopic (exact) mass is 290 g/mol. The highest BCUT2D eigenvalue weighted by Gasteiger charge is 2.52. The maximum Gasteiger partial charge on any atom is 0.307 e. The van der Waals surface area contributed by atoms with Crippen molar-refractivity contribution < 1.29 is 14.7 Å². The smallest absolute Gasteiger partial charge is 0.307 e. The van der Waals surface area contributed by atoms with Gasteiger partial charge in [0.25, 0.3) is 0 Å². The number of hydrogen-bond acceptors (Lipinski definition) is 3. The van der Waals surface area contributed by atoms with Gasteiger partial charge in [-0.2, -0.15) is 0 Å². The van der Waals surface area contributed by atoms with Gasteiger partial charge in [-0.25, -0.2) is 0 Å². The van der Waals surface area contributed by atoms with Gasteiger partial charge in [0, 0.05) is 12.6 Å². The van der Waals surface area contributed by atoms with Crippen LogP contribution in [-0.2, 0) is 9.59 Å². The summed E-state index contributed by atoms with van der Waals surface area (Å²) < 4.78 is 0. The summed E-state index contributed by atoms with van der Waals surface area (Å²) in [6.45, 7) is 3.22. The molecular weight excluding hydrogens is 268 g/mol. The molecule has 3 unspecified atom stereocenters. The number of carbonyl (C=O) groups excluding carboxylic acids is 1. The van der Waals surface area contributed by atoms with Crippen LogP contribution in [0, 0.1) is 29.6 Å². The van der Waals surface area contributed by atoms with Crippen molar-refractivity contribution in [2.45, 2.75) is 25.3 Å². The molecule has 5 nitrogen and oxygen atoms in total. The number of rotatable bonds is 3. The van der Waals surface area contributed by atoms with Gasteiger partial charge >= 0.3 is 5.97 Å². The van der Waals surface area contributed by atoms with Crippen LogP contribution in [0.1, 0.15) is 19.3 Å². The zero-order valence-corrected chi connectivity index (χ0v) is 12.1. The summed E-state index contributed by atoms with van der Waals surface area (Å²) in [6.07, 6.45) is 7.18. The number of allylic oxidation sites excluding steroid dienone is 2. The Morgan fingerprint density at radius 1 is 1.10 bits per heavy atom. The average Bonchev–Trinajstić information content (AvgIpc) is 3.09. The van der Waals surface area contributed by atoms with Crippen molar-refractivity contribution in [3.63, 3.8) is 0 Å². The van der Waals surface area contributed by atoms with Crippen LogP contribution in [0.15, 0.2) is 12.2 Å². The lowest BCUT2D eigenvalue weighted by Crippen LogP contribution is -2.58. The number of carboxylic acids is 1. The van der Waals surface area contributed by atoms with Crippen molar-refractivity contribution in [3.8, 4) is 0 Å². The van der Waals surface area contributed by atoms with E-state index in [0.29, 0.717) is 5.92 Å². The highest BCUT2D eigenvalue weighted by atomic mass is 16.4. The second kappa shape index (κ2) is 4.83. The Balaban J connectivity index is 1.47. The molecule has 5 rings (SSSR count). The largest absolute Gasteiger partial charge is 0.481 e. The first-order valence-electron chi connectivity index (χ1n) is 8.07. The van der Waals surface area contributed by atoms with Gasteiger partial charge in [-0.3, -0.25) is 9.59 Å². The van der Waals surface area contributed by atoms with Crippen molar-refractivity contribution in [1.29, 1.82) is 0 Å². The molecule has 5 aliphatic rings. The first kappa shape index (κ1) is 13.3. The number of nitrogens with zero attached hydrogens (tertiary/aromatic N) is 1. The molecule has 4 fully saturated rings. The number of carbonyl (C=O) groups is 2. The van der Waals surface area contributed by atoms with E-state index in [-0.39, 0.29) is 29.7 Å². The number of fused-ring (bicyclic) bond motifs is 5. The van der Waals surface area contributed by atoms with Crippen molar-refractivity contribution in [2.75, 3.05) is 19.6 Å². The third-order valence-corrected chi connectivity index (χ3v) is 6.03. The van der Waals surface area contributed by atoms with Gasteiger partial charge < -0.3 is 15.3 Å². The fraction of sp³-hybridized carbons (Fsp3) is 0.750. The van der Waals surface area contributed by atoms with Crippen molar-refractivity contribution in [1.82, 2.24) is 10.2 Å². The second-order valence-electron chi connectivity index (χ2n) is 7.09. The Kier molecular flexibility index (Phi) is 3.06. The first-order valence-corrected chi connectivity index (χ1v) is 8.07. The maximum atomic E-state index is 12.7. The molecule has 1 amide bonds. The Morgan fingerprint density at radius 2 is 1.76 bits per heavy atom. The maximum absolute atomic E-state index is 12.7. The normalized spacial score (nSPS) is 46.8. The van der Waals surface area contributed by atoms with Crippen molar-refractivity contribution >= 4 is 11.9 Å². The third kappa shape index (κ3) is 2.09. The van der Waals surface area contributed by atoms with Gasteiger partial charge in [0.15, 0.2) is 0 Å². The lowest BCUT2D eigenvalue weighted by Gasteiger charge is -2.45. The number of carboxylic acid groups (broad SMARTS) is 1. The van der Waals surface area contributed by atoms with E-state index >= 15 is 0 Å². The fourth-order valence-electron chi connectivity index (χ4n) is 4.92. The average molecular weight is 290 g/mol. The van der Waals surface area contributed by atoms with E-state index in [2.05, 4.69) is 10.2 Å². The number of aliphatic carboxylic acids is 1. The van der Waals surface area contributed by atoms with Gasteiger partial charge in [0.2, 0.25) is 5.91 Å². The highest BCUT2D eigenvalue weighted by Crippen LogP contribution is 2.48. The molecular formula is C16H22N2O3. The van der Waals surface area contributed by atoms with Gasteiger partial charge in [-0.05, 0) is 50.1 Å². The number of amides is 1. The van der Waals surface area contributed by atoms with Crippen LogP contribution in [0.3, 0.4) is 0 Å². The minimum absolute atomic E-state index is 0.0296. The van der Waals surface area contributed by atoms with E-state index < -0.39 is 11.9 Å². The van der Waals surface area contributed by atoms with E-state index in [9.17, 15) is 14.7 Å². The van der Waals surface area contributed by atoms with Crippen LogP contribution in [0.4, 0.5) is 0 Å². The Hall–Kier alpha value is -1.36. The predicted molar refractivity (Wildman–Crippen MR) is 76.4 cm³/mol. The summed E-state index contributed by atoms with van der Waals surface area (Å²) in [5, 5.41) is 12.6. The number of nitrogens with one attached hydrogen (secondary N) is 1. The minimum Gasteiger partial charge on any atom is -0.481 e. The SMILES string of the molecule is O=C(O)[C@@H]1C2C=CC(C2)[C@@H]1C(=O)NC1CN2CCC1CC2. The first-order chi connectivity index (χ1) is 10.1.